The van der Waals surface area contributed by atoms with Crippen LogP contribution in [0.25, 0.3) is 0 Å². The van der Waals surface area contributed by atoms with Crippen LogP contribution in [0.3, 0.4) is 0 Å². The lowest BCUT2D eigenvalue weighted by Gasteiger charge is -2.16. The van der Waals surface area contributed by atoms with E-state index in [0.29, 0.717) is 5.92 Å². The van der Waals surface area contributed by atoms with E-state index < -0.39 is 5.76 Å². The van der Waals surface area contributed by atoms with Gasteiger partial charge in [-0.15, -0.1) is 0 Å². The maximum Gasteiger partial charge on any atom is 0.438 e. The molecule has 1 aliphatic rings. The van der Waals surface area contributed by atoms with Crippen molar-refractivity contribution >= 4 is 0 Å². The van der Waals surface area contributed by atoms with Crippen LogP contribution in [0.4, 0.5) is 0 Å². The summed E-state index contributed by atoms with van der Waals surface area (Å²) in [6.45, 7) is 0. The number of nitrogens with zero attached hydrogens (tertiary/aromatic N) is 1. The molecule has 0 aromatic carbocycles. The highest BCUT2D eigenvalue weighted by Crippen LogP contribution is 2.28. The van der Waals surface area contributed by atoms with Gasteiger partial charge in [0.25, 0.3) is 0 Å². The summed E-state index contributed by atoms with van der Waals surface area (Å²) < 4.78 is 4.53. The van der Waals surface area contributed by atoms with Gasteiger partial charge in [0.05, 0.1) is 0 Å². The summed E-state index contributed by atoms with van der Waals surface area (Å²) in [5.74, 6) is 0.723. The zero-order chi connectivity index (χ0) is 9.80. The van der Waals surface area contributed by atoms with Crippen LogP contribution in [0.2, 0.25) is 0 Å². The normalized spacial score (nSPS) is 20.3. The topological polar surface area (TPSA) is 58.9 Å². The summed E-state index contributed by atoms with van der Waals surface area (Å²) >= 11 is 0. The Morgan fingerprint density at radius 3 is 2.36 bits per heavy atom. The molecular weight excluding hydrogens is 180 g/mol. The molecule has 0 aliphatic heterocycles. The molecule has 0 unspecified atom stereocenters. The molecule has 4 heteroatoms. The standard InChI is InChI=1S/C10H16N2O2/c13-10-11-9(12-14-10)8-6-4-2-1-3-5-7-8/h8H,1-7H2,(H,11,12,13). The fourth-order valence-corrected chi connectivity index (χ4v) is 2.15. The van der Waals surface area contributed by atoms with Crippen molar-refractivity contribution in [3.8, 4) is 0 Å². The lowest BCUT2D eigenvalue weighted by atomic mass is 9.91. The summed E-state index contributed by atoms with van der Waals surface area (Å²) in [7, 11) is 0. The zero-order valence-electron chi connectivity index (χ0n) is 8.29. The maximum atomic E-state index is 10.8. The molecule has 0 amide bonds. The predicted octanol–water partition coefficient (Wildman–Crippen LogP) is 2.19. The van der Waals surface area contributed by atoms with Crippen LogP contribution in [0.15, 0.2) is 9.32 Å². The molecule has 1 saturated carbocycles. The minimum absolute atomic E-state index is 0.404. The first-order chi connectivity index (χ1) is 6.86. The number of hydrogen-bond donors (Lipinski definition) is 1. The van der Waals surface area contributed by atoms with Crippen molar-refractivity contribution in [3.63, 3.8) is 0 Å². The first-order valence-corrected chi connectivity index (χ1v) is 5.42. The fourth-order valence-electron chi connectivity index (χ4n) is 2.15. The first kappa shape index (κ1) is 9.49. The number of rotatable bonds is 1. The van der Waals surface area contributed by atoms with Gasteiger partial charge >= 0.3 is 5.76 Å². The molecule has 1 N–H and O–H groups in total. The number of nitrogens with one attached hydrogen (secondary N) is 1. The van der Waals surface area contributed by atoms with E-state index >= 15 is 0 Å². The Kier molecular flexibility index (Phi) is 3.01. The van der Waals surface area contributed by atoms with Crippen molar-refractivity contribution in [2.45, 2.75) is 50.9 Å². The first-order valence-electron chi connectivity index (χ1n) is 5.42. The number of aromatic nitrogens is 2. The van der Waals surface area contributed by atoms with Crippen LogP contribution in [0, 0.1) is 0 Å². The SMILES string of the molecule is O=c1[nH]c(C2CCCCCCC2)no1. The summed E-state index contributed by atoms with van der Waals surface area (Å²) in [5, 5.41) is 3.77. The van der Waals surface area contributed by atoms with Crippen LogP contribution < -0.4 is 5.76 Å². The van der Waals surface area contributed by atoms with Crippen molar-refractivity contribution in [1.29, 1.82) is 0 Å². The minimum atomic E-state index is -0.429. The van der Waals surface area contributed by atoms with Gasteiger partial charge < -0.3 is 0 Å². The molecule has 14 heavy (non-hydrogen) atoms. The summed E-state index contributed by atoms with van der Waals surface area (Å²) in [5.41, 5.74) is 0. The van der Waals surface area contributed by atoms with E-state index in [0.717, 1.165) is 18.7 Å². The van der Waals surface area contributed by atoms with E-state index in [9.17, 15) is 4.79 Å². The van der Waals surface area contributed by atoms with Crippen molar-refractivity contribution in [2.24, 2.45) is 0 Å². The molecule has 1 heterocycles. The number of hydrogen-bond acceptors (Lipinski definition) is 3. The molecule has 2 rings (SSSR count). The molecule has 0 spiro atoms. The molecule has 1 aliphatic carbocycles. The van der Waals surface area contributed by atoms with Crippen molar-refractivity contribution in [2.75, 3.05) is 0 Å². The van der Waals surface area contributed by atoms with E-state index in [4.69, 9.17) is 0 Å². The van der Waals surface area contributed by atoms with E-state index in [1.54, 1.807) is 0 Å². The van der Waals surface area contributed by atoms with Gasteiger partial charge in [0.2, 0.25) is 0 Å². The molecule has 0 saturated heterocycles. The largest absolute Gasteiger partial charge is 0.438 e. The molecule has 0 radical (unpaired) electrons. The average molecular weight is 196 g/mol. The smallest absolute Gasteiger partial charge is 0.296 e. The Hall–Kier alpha value is -1.06. The second kappa shape index (κ2) is 4.44. The highest BCUT2D eigenvalue weighted by atomic mass is 16.5. The molecule has 4 nitrogen and oxygen atoms in total. The van der Waals surface area contributed by atoms with Gasteiger partial charge in [-0.3, -0.25) is 9.51 Å². The number of H-pyrrole nitrogens is 1. The van der Waals surface area contributed by atoms with Gasteiger partial charge in [0.1, 0.15) is 0 Å². The van der Waals surface area contributed by atoms with Crippen molar-refractivity contribution < 1.29 is 4.52 Å². The number of aromatic amines is 1. The fraction of sp³-hybridized carbons (Fsp3) is 0.800. The minimum Gasteiger partial charge on any atom is -0.296 e. The van der Waals surface area contributed by atoms with Crippen molar-refractivity contribution in [3.05, 3.63) is 16.4 Å². The lowest BCUT2D eigenvalue weighted by Crippen LogP contribution is -2.06. The summed E-state index contributed by atoms with van der Waals surface area (Å²) in [6.07, 6.45) is 8.68. The zero-order valence-corrected chi connectivity index (χ0v) is 8.29. The van der Waals surface area contributed by atoms with E-state index in [1.807, 2.05) is 0 Å². The van der Waals surface area contributed by atoms with Gasteiger partial charge in [-0.05, 0) is 12.8 Å². The monoisotopic (exact) mass is 196 g/mol. The predicted molar refractivity (Wildman–Crippen MR) is 52.2 cm³/mol. The van der Waals surface area contributed by atoms with Crippen LogP contribution >= 0.6 is 0 Å². The van der Waals surface area contributed by atoms with Gasteiger partial charge in [0.15, 0.2) is 5.82 Å². The van der Waals surface area contributed by atoms with Gasteiger partial charge in [-0.1, -0.05) is 37.3 Å². The third-order valence-corrected chi connectivity index (χ3v) is 2.95. The molecule has 78 valence electrons. The highest BCUT2D eigenvalue weighted by molar-refractivity contribution is 4.92. The molecule has 1 fully saturated rings. The Bertz CT molecular complexity index is 321. The third kappa shape index (κ3) is 2.25. The molecule has 0 bridgehead atoms. The van der Waals surface area contributed by atoms with Crippen LogP contribution in [0.1, 0.15) is 56.7 Å². The second-order valence-electron chi connectivity index (χ2n) is 4.02. The molecule has 0 atom stereocenters. The van der Waals surface area contributed by atoms with Gasteiger partial charge in [-0.25, -0.2) is 4.79 Å². The van der Waals surface area contributed by atoms with Gasteiger partial charge in [0, 0.05) is 5.92 Å². The Labute approximate surface area is 82.7 Å². The summed E-state index contributed by atoms with van der Waals surface area (Å²) in [6, 6.07) is 0. The van der Waals surface area contributed by atoms with Crippen LogP contribution in [-0.2, 0) is 0 Å². The van der Waals surface area contributed by atoms with E-state index in [2.05, 4.69) is 14.7 Å². The Morgan fingerprint density at radius 2 is 1.79 bits per heavy atom. The van der Waals surface area contributed by atoms with Crippen LogP contribution in [0.5, 0.6) is 0 Å². The van der Waals surface area contributed by atoms with E-state index in [1.165, 1.54) is 32.1 Å². The molecular formula is C10H16N2O2. The van der Waals surface area contributed by atoms with Crippen molar-refractivity contribution in [1.82, 2.24) is 10.1 Å². The Morgan fingerprint density at radius 1 is 1.14 bits per heavy atom. The van der Waals surface area contributed by atoms with E-state index in [-0.39, 0.29) is 0 Å². The average Bonchev–Trinajstić information content (AvgIpc) is 2.51. The molecule has 1 aromatic rings. The summed E-state index contributed by atoms with van der Waals surface area (Å²) in [4.78, 5) is 13.5. The highest BCUT2D eigenvalue weighted by Gasteiger charge is 2.17. The quantitative estimate of drug-likeness (QED) is 0.749. The molecule has 1 aromatic heterocycles. The van der Waals surface area contributed by atoms with Crippen LogP contribution in [-0.4, -0.2) is 10.1 Å². The second-order valence-corrected chi connectivity index (χ2v) is 4.02. The third-order valence-electron chi connectivity index (χ3n) is 2.95. The Balaban J connectivity index is 2.04. The lowest BCUT2D eigenvalue weighted by molar-refractivity contribution is 0.367. The van der Waals surface area contributed by atoms with Gasteiger partial charge in [-0.2, -0.15) is 0 Å². The maximum absolute atomic E-state index is 10.8.